The van der Waals surface area contributed by atoms with E-state index in [1.165, 1.54) is 0 Å². The van der Waals surface area contributed by atoms with Crippen LogP contribution in [0.25, 0.3) is 0 Å². The number of carbonyl (C=O) groups excluding carboxylic acids is 1. The van der Waals surface area contributed by atoms with Gasteiger partial charge in [0.15, 0.2) is 6.61 Å². The average Bonchev–Trinajstić information content (AvgIpc) is 3.32. The second kappa shape index (κ2) is 9.96. The van der Waals surface area contributed by atoms with Gasteiger partial charge >= 0.3 is 0 Å². The molecule has 8 nitrogen and oxygen atoms in total. The molecule has 1 amide bonds. The highest BCUT2D eigenvalue weighted by Crippen LogP contribution is 2.21. The Morgan fingerprint density at radius 3 is 2.53 bits per heavy atom. The van der Waals surface area contributed by atoms with E-state index in [0.29, 0.717) is 35.0 Å². The zero-order valence-electron chi connectivity index (χ0n) is 18.0. The Balaban J connectivity index is 1.24. The number of amides is 1. The highest BCUT2D eigenvalue weighted by Gasteiger charge is 2.21. The first-order valence-electron chi connectivity index (χ1n) is 10.7. The first-order chi connectivity index (χ1) is 15.6. The second-order valence-corrected chi connectivity index (χ2v) is 7.66. The molecule has 0 aliphatic carbocycles. The highest BCUT2D eigenvalue weighted by molar-refractivity contribution is 5.94. The number of piperidine rings is 1. The molecule has 4 rings (SSSR count). The molecular formula is C24H25N5O3. The zero-order chi connectivity index (χ0) is 22.3. The molecule has 0 radical (unpaired) electrons. The van der Waals surface area contributed by atoms with Gasteiger partial charge in [-0.3, -0.25) is 4.79 Å². The van der Waals surface area contributed by atoms with Crippen molar-refractivity contribution in [1.82, 2.24) is 15.5 Å². The van der Waals surface area contributed by atoms with Gasteiger partial charge in [-0.05, 0) is 61.4 Å². The number of benzene rings is 2. The number of hydrogen-bond acceptors (Lipinski definition) is 7. The van der Waals surface area contributed by atoms with E-state index in [2.05, 4.69) is 26.4 Å². The summed E-state index contributed by atoms with van der Waals surface area (Å²) >= 11 is 0. The molecule has 8 heteroatoms. The minimum atomic E-state index is -0.0841. The molecule has 3 aromatic rings. The number of anilines is 1. The van der Waals surface area contributed by atoms with Crippen LogP contribution in [-0.4, -0.2) is 35.2 Å². The minimum absolute atomic E-state index is 0.0841. The SMILES string of the molecule is CCc1nc(COc2ccc(C(=O)NC3CCN(c4ccc(C#N)cc4)CC3)cc2)no1. The summed E-state index contributed by atoms with van der Waals surface area (Å²) < 4.78 is 10.7. The molecule has 1 saturated heterocycles. The number of ether oxygens (including phenoxy) is 1. The fourth-order valence-electron chi connectivity index (χ4n) is 3.64. The number of nitrogens with one attached hydrogen (secondary N) is 1. The monoisotopic (exact) mass is 431 g/mol. The summed E-state index contributed by atoms with van der Waals surface area (Å²) in [5.74, 6) is 1.63. The molecule has 2 aromatic carbocycles. The first-order valence-corrected chi connectivity index (χ1v) is 10.7. The number of nitriles is 1. The average molecular weight is 431 g/mol. The first kappa shape index (κ1) is 21.4. The summed E-state index contributed by atoms with van der Waals surface area (Å²) in [6.07, 6.45) is 2.43. The number of nitrogens with zero attached hydrogens (tertiary/aromatic N) is 4. The lowest BCUT2D eigenvalue weighted by Gasteiger charge is -2.34. The molecule has 32 heavy (non-hydrogen) atoms. The molecule has 0 saturated carbocycles. The Morgan fingerprint density at radius 1 is 1.19 bits per heavy atom. The largest absolute Gasteiger partial charge is 0.485 e. The van der Waals surface area contributed by atoms with Crippen LogP contribution in [0.5, 0.6) is 5.75 Å². The lowest BCUT2D eigenvalue weighted by atomic mass is 10.0. The summed E-state index contributed by atoms with van der Waals surface area (Å²) in [5, 5.41) is 15.9. The van der Waals surface area contributed by atoms with Gasteiger partial charge in [0.2, 0.25) is 11.7 Å². The molecule has 0 spiro atoms. The van der Waals surface area contributed by atoms with Crippen molar-refractivity contribution in [3.05, 3.63) is 71.4 Å². The van der Waals surface area contributed by atoms with E-state index in [1.54, 1.807) is 24.3 Å². The van der Waals surface area contributed by atoms with Gasteiger partial charge < -0.3 is 19.5 Å². The number of rotatable bonds is 7. The molecule has 0 atom stereocenters. The molecule has 1 aliphatic rings. The van der Waals surface area contributed by atoms with Crippen LogP contribution in [0.3, 0.4) is 0 Å². The molecule has 1 aromatic heterocycles. The third-order valence-electron chi connectivity index (χ3n) is 5.49. The zero-order valence-corrected chi connectivity index (χ0v) is 18.0. The van der Waals surface area contributed by atoms with E-state index in [9.17, 15) is 4.79 Å². The molecule has 1 N–H and O–H groups in total. The molecular weight excluding hydrogens is 406 g/mol. The fourth-order valence-corrected chi connectivity index (χ4v) is 3.64. The predicted octanol–water partition coefficient (Wildman–Crippen LogP) is 3.48. The van der Waals surface area contributed by atoms with Crippen LogP contribution < -0.4 is 15.0 Å². The van der Waals surface area contributed by atoms with Crippen molar-refractivity contribution in [2.45, 2.75) is 38.8 Å². The summed E-state index contributed by atoms with van der Waals surface area (Å²) in [6, 6.07) is 16.9. The van der Waals surface area contributed by atoms with Crippen molar-refractivity contribution in [1.29, 1.82) is 5.26 Å². The van der Waals surface area contributed by atoms with Crippen LogP contribution in [0, 0.1) is 11.3 Å². The standard InChI is InChI=1S/C24H25N5O3/c1-2-23-27-22(28-32-23)16-31-21-9-5-18(6-10-21)24(30)26-19-11-13-29(14-12-19)20-7-3-17(15-25)4-8-20/h3-10,19H,2,11-14,16H2,1H3,(H,26,30). The summed E-state index contributed by atoms with van der Waals surface area (Å²) in [5.41, 5.74) is 2.36. The van der Waals surface area contributed by atoms with Crippen molar-refractivity contribution in [2.75, 3.05) is 18.0 Å². The number of hydrogen-bond donors (Lipinski definition) is 1. The van der Waals surface area contributed by atoms with Gasteiger partial charge in [0.25, 0.3) is 5.91 Å². The van der Waals surface area contributed by atoms with Crippen LogP contribution in [0.15, 0.2) is 53.1 Å². The van der Waals surface area contributed by atoms with Crippen LogP contribution in [0.4, 0.5) is 5.69 Å². The Bertz CT molecular complexity index is 1080. The normalized spacial score (nSPS) is 14.1. The lowest BCUT2D eigenvalue weighted by Crippen LogP contribution is -2.44. The molecule has 1 aliphatic heterocycles. The van der Waals surface area contributed by atoms with E-state index in [0.717, 1.165) is 31.6 Å². The second-order valence-electron chi connectivity index (χ2n) is 7.66. The van der Waals surface area contributed by atoms with Gasteiger partial charge in [-0.1, -0.05) is 12.1 Å². The number of carbonyl (C=O) groups is 1. The maximum absolute atomic E-state index is 12.6. The van der Waals surface area contributed by atoms with Crippen LogP contribution in [0.2, 0.25) is 0 Å². The van der Waals surface area contributed by atoms with Crippen molar-refractivity contribution >= 4 is 11.6 Å². The molecule has 1 fully saturated rings. The molecule has 0 unspecified atom stereocenters. The van der Waals surface area contributed by atoms with Crippen LogP contribution >= 0.6 is 0 Å². The Morgan fingerprint density at radius 2 is 1.91 bits per heavy atom. The topological polar surface area (TPSA) is 104 Å². The van der Waals surface area contributed by atoms with Gasteiger partial charge in [0, 0.05) is 36.8 Å². The van der Waals surface area contributed by atoms with E-state index in [-0.39, 0.29) is 18.6 Å². The molecule has 164 valence electrons. The number of aromatic nitrogens is 2. The van der Waals surface area contributed by atoms with Gasteiger partial charge in [-0.15, -0.1) is 0 Å². The van der Waals surface area contributed by atoms with Crippen molar-refractivity contribution in [2.24, 2.45) is 0 Å². The van der Waals surface area contributed by atoms with E-state index >= 15 is 0 Å². The van der Waals surface area contributed by atoms with Crippen LogP contribution in [-0.2, 0) is 13.0 Å². The summed E-state index contributed by atoms with van der Waals surface area (Å²) in [6.45, 7) is 3.88. The fraction of sp³-hybridized carbons (Fsp3) is 0.333. The maximum atomic E-state index is 12.6. The Kier molecular flexibility index (Phi) is 6.66. The summed E-state index contributed by atoms with van der Waals surface area (Å²) in [7, 11) is 0. The van der Waals surface area contributed by atoms with Crippen molar-refractivity contribution < 1.29 is 14.1 Å². The van der Waals surface area contributed by atoms with Crippen molar-refractivity contribution in [3.63, 3.8) is 0 Å². The van der Waals surface area contributed by atoms with Gasteiger partial charge in [-0.2, -0.15) is 10.2 Å². The van der Waals surface area contributed by atoms with Gasteiger partial charge in [-0.25, -0.2) is 0 Å². The summed E-state index contributed by atoms with van der Waals surface area (Å²) in [4.78, 5) is 19.1. The number of aryl methyl sites for hydroxylation is 1. The van der Waals surface area contributed by atoms with E-state index < -0.39 is 0 Å². The Labute approximate surface area is 186 Å². The third kappa shape index (κ3) is 5.24. The maximum Gasteiger partial charge on any atom is 0.251 e. The minimum Gasteiger partial charge on any atom is -0.485 e. The lowest BCUT2D eigenvalue weighted by molar-refractivity contribution is 0.0931. The van der Waals surface area contributed by atoms with Gasteiger partial charge in [0.05, 0.1) is 11.6 Å². The van der Waals surface area contributed by atoms with E-state index in [4.69, 9.17) is 14.5 Å². The molecule has 0 bridgehead atoms. The molecule has 2 heterocycles. The van der Waals surface area contributed by atoms with E-state index in [1.807, 2.05) is 31.2 Å². The van der Waals surface area contributed by atoms with Crippen LogP contribution in [0.1, 0.15) is 47.4 Å². The quantitative estimate of drug-likeness (QED) is 0.611. The smallest absolute Gasteiger partial charge is 0.251 e. The predicted molar refractivity (Wildman–Crippen MR) is 118 cm³/mol. The third-order valence-corrected chi connectivity index (χ3v) is 5.49. The van der Waals surface area contributed by atoms with Gasteiger partial charge in [0.1, 0.15) is 5.75 Å². The van der Waals surface area contributed by atoms with Crippen molar-refractivity contribution in [3.8, 4) is 11.8 Å². The highest BCUT2D eigenvalue weighted by atomic mass is 16.5. The Hall–Kier alpha value is -3.86.